The lowest BCUT2D eigenvalue weighted by Gasteiger charge is -2.06. The molecular formula is C14H18N2OS. The summed E-state index contributed by atoms with van der Waals surface area (Å²) in [6, 6.07) is 4.73. The average molecular weight is 262 g/mol. The Hall–Kier alpha value is -1.13. The van der Waals surface area contributed by atoms with Gasteiger partial charge in [-0.05, 0) is 37.9 Å². The van der Waals surface area contributed by atoms with E-state index >= 15 is 0 Å². The van der Waals surface area contributed by atoms with Gasteiger partial charge in [0.1, 0.15) is 11.3 Å². The molecule has 3 rings (SSSR count). The van der Waals surface area contributed by atoms with Gasteiger partial charge in [-0.15, -0.1) is 11.3 Å². The molecule has 0 radical (unpaired) electrons. The van der Waals surface area contributed by atoms with Crippen LogP contribution in [0.2, 0.25) is 0 Å². The standard InChI is InChI=1S/C14H18N2OS/c1-9-5-6-11(17-2)13-14(9)18-12(16-13)8-10-4-3-7-15-10/h5-6,10,15H,3-4,7-8H2,1-2H3. The summed E-state index contributed by atoms with van der Waals surface area (Å²) in [5, 5.41) is 4.75. The molecule has 18 heavy (non-hydrogen) atoms. The number of hydrogen-bond donors (Lipinski definition) is 1. The van der Waals surface area contributed by atoms with Crippen molar-refractivity contribution in [3.8, 4) is 5.75 Å². The number of nitrogens with zero attached hydrogens (tertiary/aromatic N) is 1. The number of fused-ring (bicyclic) bond motifs is 1. The Bertz CT molecular complexity index is 558. The first kappa shape index (κ1) is 11.9. The van der Waals surface area contributed by atoms with E-state index in [4.69, 9.17) is 9.72 Å². The molecule has 1 aliphatic heterocycles. The lowest BCUT2D eigenvalue weighted by molar-refractivity contribution is 0.419. The molecule has 1 fully saturated rings. The highest BCUT2D eigenvalue weighted by atomic mass is 32.1. The molecule has 2 aromatic rings. The summed E-state index contributed by atoms with van der Waals surface area (Å²) in [5.41, 5.74) is 2.31. The molecule has 0 saturated carbocycles. The summed E-state index contributed by atoms with van der Waals surface area (Å²) < 4.78 is 6.66. The Morgan fingerprint density at radius 3 is 3.11 bits per heavy atom. The summed E-state index contributed by atoms with van der Waals surface area (Å²) in [6.45, 7) is 3.29. The molecule has 1 aromatic heterocycles. The zero-order valence-corrected chi connectivity index (χ0v) is 11.6. The third-order valence-electron chi connectivity index (χ3n) is 3.55. The number of ether oxygens (including phenoxy) is 1. The minimum atomic E-state index is 0.608. The second-order valence-electron chi connectivity index (χ2n) is 4.87. The topological polar surface area (TPSA) is 34.1 Å². The fraction of sp³-hybridized carbons (Fsp3) is 0.500. The van der Waals surface area contributed by atoms with Gasteiger partial charge in [-0.25, -0.2) is 4.98 Å². The quantitative estimate of drug-likeness (QED) is 0.923. The van der Waals surface area contributed by atoms with E-state index in [1.54, 1.807) is 7.11 Å². The van der Waals surface area contributed by atoms with Crippen molar-refractivity contribution in [1.29, 1.82) is 0 Å². The van der Waals surface area contributed by atoms with Crippen LogP contribution >= 0.6 is 11.3 Å². The van der Waals surface area contributed by atoms with Crippen molar-refractivity contribution in [2.75, 3.05) is 13.7 Å². The molecule has 96 valence electrons. The van der Waals surface area contributed by atoms with E-state index in [1.165, 1.54) is 28.1 Å². The molecular weight excluding hydrogens is 244 g/mol. The van der Waals surface area contributed by atoms with Gasteiger partial charge in [0.2, 0.25) is 0 Å². The van der Waals surface area contributed by atoms with Crippen molar-refractivity contribution in [1.82, 2.24) is 10.3 Å². The SMILES string of the molecule is COc1ccc(C)c2sc(CC3CCCN3)nc12. The van der Waals surface area contributed by atoms with Crippen LogP contribution in [0, 0.1) is 6.92 Å². The van der Waals surface area contributed by atoms with Crippen molar-refractivity contribution >= 4 is 21.6 Å². The summed E-state index contributed by atoms with van der Waals surface area (Å²) in [7, 11) is 1.71. The van der Waals surface area contributed by atoms with Gasteiger partial charge in [0.05, 0.1) is 16.8 Å². The van der Waals surface area contributed by atoms with Crippen LogP contribution in [-0.2, 0) is 6.42 Å². The Labute approximate surface area is 111 Å². The molecule has 1 saturated heterocycles. The maximum absolute atomic E-state index is 5.39. The van der Waals surface area contributed by atoms with E-state index in [9.17, 15) is 0 Å². The third-order valence-corrected chi connectivity index (χ3v) is 4.76. The molecule has 1 N–H and O–H groups in total. The van der Waals surface area contributed by atoms with Gasteiger partial charge in [-0.1, -0.05) is 6.07 Å². The zero-order valence-electron chi connectivity index (χ0n) is 10.8. The number of benzene rings is 1. The summed E-state index contributed by atoms with van der Waals surface area (Å²) >= 11 is 1.81. The highest BCUT2D eigenvalue weighted by Gasteiger charge is 2.18. The maximum atomic E-state index is 5.39. The van der Waals surface area contributed by atoms with Crippen LogP contribution in [-0.4, -0.2) is 24.7 Å². The lowest BCUT2D eigenvalue weighted by Crippen LogP contribution is -2.23. The van der Waals surface area contributed by atoms with Gasteiger partial charge >= 0.3 is 0 Å². The molecule has 0 aliphatic carbocycles. The first-order valence-electron chi connectivity index (χ1n) is 6.44. The monoisotopic (exact) mass is 262 g/mol. The van der Waals surface area contributed by atoms with Crippen LogP contribution < -0.4 is 10.1 Å². The molecule has 3 nitrogen and oxygen atoms in total. The lowest BCUT2D eigenvalue weighted by atomic mass is 10.2. The maximum Gasteiger partial charge on any atom is 0.145 e. The average Bonchev–Trinajstić information content (AvgIpc) is 3.00. The summed E-state index contributed by atoms with van der Waals surface area (Å²) in [5.74, 6) is 0.887. The highest BCUT2D eigenvalue weighted by molar-refractivity contribution is 7.18. The Kier molecular flexibility index (Phi) is 3.22. The third kappa shape index (κ3) is 2.10. The second kappa shape index (κ2) is 4.86. The normalized spacial score (nSPS) is 19.6. The molecule has 1 aliphatic rings. The fourth-order valence-corrected chi connectivity index (χ4v) is 3.68. The van der Waals surface area contributed by atoms with E-state index in [0.717, 1.165) is 24.2 Å². The first-order chi connectivity index (χ1) is 8.78. The van der Waals surface area contributed by atoms with Crippen molar-refractivity contribution < 1.29 is 4.74 Å². The van der Waals surface area contributed by atoms with E-state index in [2.05, 4.69) is 18.3 Å². The second-order valence-corrected chi connectivity index (χ2v) is 5.95. The van der Waals surface area contributed by atoms with Crippen LogP contribution in [0.3, 0.4) is 0 Å². The first-order valence-corrected chi connectivity index (χ1v) is 7.26. The molecule has 0 spiro atoms. The number of methoxy groups -OCH3 is 1. The van der Waals surface area contributed by atoms with Gasteiger partial charge in [0.15, 0.2) is 0 Å². The summed E-state index contributed by atoms with van der Waals surface area (Å²) in [4.78, 5) is 4.76. The Balaban J connectivity index is 1.96. The van der Waals surface area contributed by atoms with Crippen LogP contribution in [0.1, 0.15) is 23.4 Å². The molecule has 0 amide bonds. The molecule has 1 unspecified atom stereocenters. The Morgan fingerprint density at radius 1 is 1.50 bits per heavy atom. The van der Waals surface area contributed by atoms with E-state index in [-0.39, 0.29) is 0 Å². The minimum absolute atomic E-state index is 0.608. The smallest absolute Gasteiger partial charge is 0.145 e. The van der Waals surface area contributed by atoms with Crippen molar-refractivity contribution in [3.05, 3.63) is 22.7 Å². The van der Waals surface area contributed by atoms with Crippen molar-refractivity contribution in [3.63, 3.8) is 0 Å². The number of rotatable bonds is 3. The molecule has 2 heterocycles. The predicted molar refractivity (Wildman–Crippen MR) is 75.6 cm³/mol. The van der Waals surface area contributed by atoms with E-state index < -0.39 is 0 Å². The zero-order chi connectivity index (χ0) is 12.5. The number of nitrogens with one attached hydrogen (secondary N) is 1. The number of thiazole rings is 1. The van der Waals surface area contributed by atoms with Crippen LogP contribution in [0.15, 0.2) is 12.1 Å². The predicted octanol–water partition coefficient (Wildman–Crippen LogP) is 2.91. The number of aromatic nitrogens is 1. The summed E-state index contributed by atoms with van der Waals surface area (Å²) in [6.07, 6.45) is 3.60. The molecule has 1 aromatic carbocycles. The van der Waals surface area contributed by atoms with Gasteiger partial charge < -0.3 is 10.1 Å². The van der Waals surface area contributed by atoms with E-state index in [0.29, 0.717) is 6.04 Å². The highest BCUT2D eigenvalue weighted by Crippen LogP contribution is 2.33. The van der Waals surface area contributed by atoms with Crippen LogP contribution in [0.25, 0.3) is 10.2 Å². The number of aryl methyl sites for hydroxylation is 1. The minimum Gasteiger partial charge on any atom is -0.494 e. The van der Waals surface area contributed by atoms with Crippen molar-refractivity contribution in [2.45, 2.75) is 32.2 Å². The van der Waals surface area contributed by atoms with Gasteiger partial charge in [0, 0.05) is 12.5 Å². The van der Waals surface area contributed by atoms with Gasteiger partial charge in [-0.3, -0.25) is 0 Å². The van der Waals surface area contributed by atoms with Crippen molar-refractivity contribution in [2.24, 2.45) is 0 Å². The molecule has 0 bridgehead atoms. The van der Waals surface area contributed by atoms with Crippen LogP contribution in [0.4, 0.5) is 0 Å². The number of hydrogen-bond acceptors (Lipinski definition) is 4. The van der Waals surface area contributed by atoms with Gasteiger partial charge in [0.25, 0.3) is 0 Å². The van der Waals surface area contributed by atoms with Crippen LogP contribution in [0.5, 0.6) is 5.75 Å². The van der Waals surface area contributed by atoms with E-state index in [1.807, 2.05) is 17.4 Å². The fourth-order valence-electron chi connectivity index (χ4n) is 2.55. The largest absolute Gasteiger partial charge is 0.494 e. The van der Waals surface area contributed by atoms with Gasteiger partial charge in [-0.2, -0.15) is 0 Å². The molecule has 4 heteroatoms. The molecule has 1 atom stereocenters. The Morgan fingerprint density at radius 2 is 2.39 bits per heavy atom.